The van der Waals surface area contributed by atoms with Crippen LogP contribution in [0.5, 0.6) is 0 Å². The highest BCUT2D eigenvalue weighted by molar-refractivity contribution is 6.05. The minimum absolute atomic E-state index is 0.0583. The number of hydrogen-bond acceptors (Lipinski definition) is 9. The van der Waals surface area contributed by atoms with Gasteiger partial charge in [-0.3, -0.25) is 29.3 Å². The third-order valence-electron chi connectivity index (χ3n) is 8.06. The number of rotatable bonds is 8. The molecular weight excluding hydrogens is 591 g/mol. The summed E-state index contributed by atoms with van der Waals surface area (Å²) in [6.07, 6.45) is 7.70. The van der Waals surface area contributed by atoms with Crippen LogP contribution >= 0.6 is 0 Å². The number of carbonyl (C=O) groups is 3. The van der Waals surface area contributed by atoms with Crippen molar-refractivity contribution in [1.82, 2.24) is 35.1 Å². The van der Waals surface area contributed by atoms with E-state index >= 15 is 0 Å². The van der Waals surface area contributed by atoms with Crippen molar-refractivity contribution in [2.24, 2.45) is 0 Å². The zero-order chi connectivity index (χ0) is 32.4. The Morgan fingerprint density at radius 3 is 2.65 bits per heavy atom. The van der Waals surface area contributed by atoms with Crippen LogP contribution in [0.15, 0.2) is 49.1 Å². The van der Waals surface area contributed by atoms with Crippen molar-refractivity contribution in [2.45, 2.75) is 51.7 Å². The molecule has 4 amide bonds. The lowest BCUT2D eigenvalue weighted by Crippen LogP contribution is -2.49. The second-order valence-corrected chi connectivity index (χ2v) is 11.7. The predicted molar refractivity (Wildman–Crippen MR) is 168 cm³/mol. The largest absolute Gasteiger partial charge is 0.382 e. The SMILES string of the molecule is CC(C)Nc1cc(-n2ccc3cc(C#N)cnc32)ncc1C(=O)NC1CCN(Cc2cc(N3CCC(=O)NC3=O)cnc2F)CC1. The Labute approximate surface area is 264 Å². The van der Waals surface area contributed by atoms with Gasteiger partial charge in [0.1, 0.15) is 17.5 Å². The molecule has 0 bridgehead atoms. The summed E-state index contributed by atoms with van der Waals surface area (Å²) in [7, 11) is 0. The molecule has 14 heteroatoms. The van der Waals surface area contributed by atoms with Gasteiger partial charge in [0, 0.05) is 80.3 Å². The maximum absolute atomic E-state index is 14.6. The molecule has 0 radical (unpaired) electrons. The van der Waals surface area contributed by atoms with Gasteiger partial charge in [-0.15, -0.1) is 0 Å². The normalized spacial score (nSPS) is 16.0. The van der Waals surface area contributed by atoms with Crippen molar-refractivity contribution in [1.29, 1.82) is 5.26 Å². The second kappa shape index (κ2) is 12.9. The summed E-state index contributed by atoms with van der Waals surface area (Å²) in [5.74, 6) is -0.604. The summed E-state index contributed by atoms with van der Waals surface area (Å²) in [5.41, 5.74) is 2.98. The van der Waals surface area contributed by atoms with E-state index in [0.29, 0.717) is 72.0 Å². The van der Waals surface area contributed by atoms with Gasteiger partial charge in [0.15, 0.2) is 0 Å². The first-order valence-electron chi connectivity index (χ1n) is 15.1. The summed E-state index contributed by atoms with van der Waals surface area (Å²) in [5, 5.41) is 18.8. The lowest BCUT2D eigenvalue weighted by Gasteiger charge is -2.33. The zero-order valence-electron chi connectivity index (χ0n) is 25.5. The van der Waals surface area contributed by atoms with Gasteiger partial charge in [0.2, 0.25) is 11.9 Å². The number of fused-ring (bicyclic) bond motifs is 1. The monoisotopic (exact) mass is 624 g/mol. The van der Waals surface area contributed by atoms with Crippen molar-refractivity contribution in [2.75, 3.05) is 29.9 Å². The Morgan fingerprint density at radius 2 is 1.91 bits per heavy atom. The van der Waals surface area contributed by atoms with Crippen LogP contribution < -0.4 is 20.9 Å². The smallest absolute Gasteiger partial charge is 0.328 e. The molecular formula is C32H33FN10O3. The number of pyridine rings is 3. The molecule has 2 saturated heterocycles. The number of anilines is 2. The molecule has 0 saturated carbocycles. The summed E-state index contributed by atoms with van der Waals surface area (Å²) >= 11 is 0. The highest BCUT2D eigenvalue weighted by atomic mass is 19.1. The summed E-state index contributed by atoms with van der Waals surface area (Å²) < 4.78 is 16.5. The summed E-state index contributed by atoms with van der Waals surface area (Å²) in [4.78, 5) is 53.5. The van der Waals surface area contributed by atoms with E-state index in [-0.39, 0.29) is 36.9 Å². The number of nitrogens with zero attached hydrogens (tertiary/aromatic N) is 7. The van der Waals surface area contributed by atoms with Crippen LogP contribution in [0.25, 0.3) is 16.9 Å². The molecule has 4 aromatic rings. The van der Waals surface area contributed by atoms with Gasteiger partial charge in [-0.1, -0.05) is 0 Å². The van der Waals surface area contributed by atoms with E-state index in [1.165, 1.54) is 17.3 Å². The number of aromatic nitrogens is 4. The number of nitrogens with one attached hydrogen (secondary N) is 3. The fourth-order valence-electron chi connectivity index (χ4n) is 5.75. The van der Waals surface area contributed by atoms with Crippen LogP contribution in [0.1, 0.15) is 54.6 Å². The molecule has 3 N–H and O–H groups in total. The average Bonchev–Trinajstić information content (AvgIpc) is 3.46. The quantitative estimate of drug-likeness (QED) is 0.249. The van der Waals surface area contributed by atoms with Gasteiger partial charge in [-0.25, -0.2) is 19.7 Å². The molecule has 13 nitrogen and oxygen atoms in total. The first-order chi connectivity index (χ1) is 22.2. The Balaban J connectivity index is 1.10. The van der Waals surface area contributed by atoms with Crippen LogP contribution in [0, 0.1) is 17.3 Å². The Kier molecular flexibility index (Phi) is 8.58. The van der Waals surface area contributed by atoms with Crippen molar-refractivity contribution >= 4 is 40.3 Å². The van der Waals surface area contributed by atoms with E-state index in [2.05, 4.69) is 41.9 Å². The molecule has 0 atom stereocenters. The fourth-order valence-corrected chi connectivity index (χ4v) is 5.75. The Hall–Kier alpha value is -5.42. The highest BCUT2D eigenvalue weighted by Crippen LogP contribution is 2.25. The van der Waals surface area contributed by atoms with E-state index in [9.17, 15) is 24.0 Å². The number of hydrogen-bond donors (Lipinski definition) is 3. The fraction of sp³-hybridized carbons (Fsp3) is 0.344. The van der Waals surface area contributed by atoms with Crippen LogP contribution in [-0.2, 0) is 11.3 Å². The van der Waals surface area contributed by atoms with Gasteiger partial charge in [-0.05, 0) is 44.9 Å². The molecule has 0 spiro atoms. The van der Waals surface area contributed by atoms with Crippen molar-refractivity contribution in [3.8, 4) is 11.9 Å². The van der Waals surface area contributed by atoms with Gasteiger partial charge < -0.3 is 10.6 Å². The van der Waals surface area contributed by atoms with Crippen molar-refractivity contribution in [3.05, 3.63) is 71.7 Å². The van der Waals surface area contributed by atoms with E-state index in [1.54, 1.807) is 18.3 Å². The molecule has 2 aliphatic rings. The number of imide groups is 1. The first-order valence-corrected chi connectivity index (χ1v) is 15.1. The predicted octanol–water partition coefficient (Wildman–Crippen LogP) is 3.49. The van der Waals surface area contributed by atoms with E-state index in [4.69, 9.17) is 0 Å². The van der Waals surface area contributed by atoms with Gasteiger partial charge in [0.25, 0.3) is 5.91 Å². The van der Waals surface area contributed by atoms with Crippen molar-refractivity contribution in [3.63, 3.8) is 0 Å². The Bertz CT molecular complexity index is 1860. The molecule has 46 heavy (non-hydrogen) atoms. The Morgan fingerprint density at radius 1 is 1.11 bits per heavy atom. The maximum Gasteiger partial charge on any atom is 0.328 e. The number of amides is 4. The first kappa shape index (κ1) is 30.6. The number of carbonyl (C=O) groups excluding carboxylic acids is 3. The molecule has 0 aliphatic carbocycles. The maximum atomic E-state index is 14.6. The number of urea groups is 1. The van der Waals surface area contributed by atoms with Crippen LogP contribution in [0.4, 0.5) is 20.6 Å². The zero-order valence-corrected chi connectivity index (χ0v) is 25.5. The van der Waals surface area contributed by atoms with Gasteiger partial charge in [0.05, 0.1) is 28.7 Å². The van der Waals surface area contributed by atoms with Crippen molar-refractivity contribution < 1.29 is 18.8 Å². The third-order valence-corrected chi connectivity index (χ3v) is 8.06. The number of piperidine rings is 1. The summed E-state index contributed by atoms with van der Waals surface area (Å²) in [6, 6.07) is 8.58. The molecule has 2 aliphatic heterocycles. The standard InChI is InChI=1S/C32H33FN10O3/c1-19(2)38-26-13-27(43-9-3-21-11-20(14-34)15-37-30(21)43)35-17-25(26)31(45)39-23-4-7-41(8-5-23)18-22-12-24(16-36-29(22)33)42-10-6-28(44)40-32(42)46/h3,9,11-13,15-17,19,23H,4-8,10,18H2,1-2H3,(H,35,38)(H,39,45)(H,40,44,46). The molecule has 4 aromatic heterocycles. The molecule has 6 rings (SSSR count). The number of likely N-dealkylation sites (tertiary alicyclic amines) is 1. The molecule has 236 valence electrons. The highest BCUT2D eigenvalue weighted by Gasteiger charge is 2.27. The minimum Gasteiger partial charge on any atom is -0.382 e. The van der Waals surface area contributed by atoms with Crippen LogP contribution in [-0.4, -0.2) is 74.0 Å². The lowest BCUT2D eigenvalue weighted by molar-refractivity contribution is -0.120. The number of nitriles is 1. The van der Waals surface area contributed by atoms with Crippen LogP contribution in [0.2, 0.25) is 0 Å². The van der Waals surface area contributed by atoms with E-state index in [1.807, 2.05) is 36.7 Å². The third kappa shape index (κ3) is 6.50. The van der Waals surface area contributed by atoms with Gasteiger partial charge >= 0.3 is 6.03 Å². The molecule has 2 fully saturated rings. The lowest BCUT2D eigenvalue weighted by atomic mass is 10.0. The van der Waals surface area contributed by atoms with E-state index in [0.717, 1.165) is 5.39 Å². The summed E-state index contributed by atoms with van der Waals surface area (Å²) in [6.45, 7) is 5.75. The second-order valence-electron chi connectivity index (χ2n) is 11.7. The molecule has 0 aromatic carbocycles. The molecule has 6 heterocycles. The van der Waals surface area contributed by atoms with Crippen LogP contribution in [0.3, 0.4) is 0 Å². The average molecular weight is 625 g/mol. The minimum atomic E-state index is -0.607. The molecule has 0 unspecified atom stereocenters. The topological polar surface area (TPSA) is 161 Å². The number of halogens is 1. The van der Waals surface area contributed by atoms with Gasteiger partial charge in [-0.2, -0.15) is 9.65 Å². The van der Waals surface area contributed by atoms with E-state index < -0.39 is 12.0 Å².